The third-order valence-electron chi connectivity index (χ3n) is 2.64. The number of carbonyl (C=O) groups excluding carboxylic acids is 2. The molecule has 0 aliphatic heterocycles. The van der Waals surface area contributed by atoms with Crippen LogP contribution in [0.5, 0.6) is 0 Å². The van der Waals surface area contributed by atoms with Gasteiger partial charge < -0.3 is 10.2 Å². The molecule has 6 heteroatoms. The lowest BCUT2D eigenvalue weighted by Crippen LogP contribution is -2.49. The molecule has 1 N–H and O–H groups in total. The second-order valence-corrected chi connectivity index (χ2v) is 4.53. The van der Waals surface area contributed by atoms with Crippen LogP contribution < -0.4 is 10.2 Å². The molecule has 0 saturated carbocycles. The van der Waals surface area contributed by atoms with E-state index in [4.69, 9.17) is 5.26 Å². The van der Waals surface area contributed by atoms with Gasteiger partial charge in [-0.1, -0.05) is 18.2 Å². The summed E-state index contributed by atoms with van der Waals surface area (Å²) in [7, 11) is 0. The standard InChI is InChI=1S/C14H17N3O2S/c1-11(18)16-13(10-20)14(19)17(9-5-8-15)12-6-3-2-4-7-12/h2-4,6-7,13,20H,5,9-10H2,1H3,(H,16,18). The van der Waals surface area contributed by atoms with E-state index in [1.165, 1.54) is 11.8 Å². The molecule has 0 aliphatic rings. The average Bonchev–Trinajstić information content (AvgIpc) is 2.45. The summed E-state index contributed by atoms with van der Waals surface area (Å²) in [5, 5.41) is 11.3. The van der Waals surface area contributed by atoms with E-state index in [9.17, 15) is 9.59 Å². The summed E-state index contributed by atoms with van der Waals surface area (Å²) in [6.07, 6.45) is 0.222. The van der Waals surface area contributed by atoms with Crippen LogP contribution in [-0.4, -0.2) is 30.2 Å². The number of benzene rings is 1. The van der Waals surface area contributed by atoms with E-state index in [-0.39, 0.29) is 30.5 Å². The molecule has 5 nitrogen and oxygen atoms in total. The van der Waals surface area contributed by atoms with Crippen LogP contribution >= 0.6 is 12.6 Å². The van der Waals surface area contributed by atoms with Crippen LogP contribution in [0.4, 0.5) is 5.69 Å². The van der Waals surface area contributed by atoms with Crippen molar-refractivity contribution in [3.8, 4) is 6.07 Å². The van der Waals surface area contributed by atoms with Gasteiger partial charge in [-0.05, 0) is 12.1 Å². The Morgan fingerprint density at radius 3 is 2.55 bits per heavy atom. The van der Waals surface area contributed by atoms with Crippen molar-refractivity contribution in [2.24, 2.45) is 0 Å². The topological polar surface area (TPSA) is 73.2 Å². The van der Waals surface area contributed by atoms with Crippen LogP contribution in [0.1, 0.15) is 13.3 Å². The molecule has 0 radical (unpaired) electrons. The van der Waals surface area contributed by atoms with Crippen molar-refractivity contribution in [3.63, 3.8) is 0 Å². The predicted molar refractivity (Wildman–Crippen MR) is 80.5 cm³/mol. The van der Waals surface area contributed by atoms with E-state index in [2.05, 4.69) is 17.9 Å². The van der Waals surface area contributed by atoms with Crippen molar-refractivity contribution in [3.05, 3.63) is 30.3 Å². The monoisotopic (exact) mass is 291 g/mol. The number of rotatable bonds is 6. The van der Waals surface area contributed by atoms with Gasteiger partial charge in [0.05, 0.1) is 12.5 Å². The minimum atomic E-state index is -0.699. The average molecular weight is 291 g/mol. The molecule has 20 heavy (non-hydrogen) atoms. The first-order valence-electron chi connectivity index (χ1n) is 6.21. The third kappa shape index (κ3) is 4.59. The first-order valence-corrected chi connectivity index (χ1v) is 6.84. The van der Waals surface area contributed by atoms with Crippen LogP contribution in [0.25, 0.3) is 0 Å². The van der Waals surface area contributed by atoms with Crippen LogP contribution in [0, 0.1) is 11.3 Å². The van der Waals surface area contributed by atoms with Crippen molar-refractivity contribution in [1.29, 1.82) is 5.26 Å². The quantitative estimate of drug-likeness (QED) is 0.777. The van der Waals surface area contributed by atoms with E-state index in [1.807, 2.05) is 24.3 Å². The number of anilines is 1. The van der Waals surface area contributed by atoms with Gasteiger partial charge in [0.25, 0.3) is 0 Å². The number of hydrogen-bond acceptors (Lipinski definition) is 4. The van der Waals surface area contributed by atoms with Gasteiger partial charge in [-0.2, -0.15) is 17.9 Å². The van der Waals surface area contributed by atoms with Gasteiger partial charge in [0.1, 0.15) is 6.04 Å². The Morgan fingerprint density at radius 2 is 2.05 bits per heavy atom. The smallest absolute Gasteiger partial charge is 0.250 e. The van der Waals surface area contributed by atoms with Crippen LogP contribution in [-0.2, 0) is 9.59 Å². The molecular formula is C14H17N3O2S. The molecule has 2 amide bonds. The highest BCUT2D eigenvalue weighted by molar-refractivity contribution is 7.80. The van der Waals surface area contributed by atoms with Crippen molar-refractivity contribution >= 4 is 30.1 Å². The summed E-state index contributed by atoms with van der Waals surface area (Å²) in [4.78, 5) is 25.1. The summed E-state index contributed by atoms with van der Waals surface area (Å²) in [5.74, 6) is -0.351. The zero-order chi connectivity index (χ0) is 15.0. The normalized spacial score (nSPS) is 11.2. The molecular weight excluding hydrogens is 274 g/mol. The maximum absolute atomic E-state index is 12.5. The summed E-state index contributed by atoms with van der Waals surface area (Å²) in [6.45, 7) is 1.63. The Bertz CT molecular complexity index is 499. The number of nitrogens with one attached hydrogen (secondary N) is 1. The maximum Gasteiger partial charge on any atom is 0.250 e. The number of thiol groups is 1. The lowest BCUT2D eigenvalue weighted by atomic mass is 10.2. The van der Waals surface area contributed by atoms with Gasteiger partial charge >= 0.3 is 0 Å². The van der Waals surface area contributed by atoms with Crippen LogP contribution in [0.3, 0.4) is 0 Å². The number of nitrogens with zero attached hydrogens (tertiary/aromatic N) is 2. The SMILES string of the molecule is CC(=O)NC(CS)C(=O)N(CCC#N)c1ccccc1. The number of nitriles is 1. The molecule has 0 aliphatic carbocycles. The second kappa shape index (κ2) is 8.23. The molecule has 1 aromatic carbocycles. The number of hydrogen-bond donors (Lipinski definition) is 2. The summed E-state index contributed by atoms with van der Waals surface area (Å²) >= 11 is 4.10. The highest BCUT2D eigenvalue weighted by Gasteiger charge is 2.24. The minimum absolute atomic E-state index is 0.203. The lowest BCUT2D eigenvalue weighted by molar-refractivity contribution is -0.125. The van der Waals surface area contributed by atoms with E-state index < -0.39 is 6.04 Å². The van der Waals surface area contributed by atoms with Crippen LogP contribution in [0.2, 0.25) is 0 Å². The molecule has 1 unspecified atom stereocenters. The van der Waals surface area contributed by atoms with E-state index in [0.29, 0.717) is 5.69 Å². The zero-order valence-corrected chi connectivity index (χ0v) is 12.1. The summed E-state index contributed by atoms with van der Waals surface area (Å²) in [5.41, 5.74) is 0.699. The molecule has 106 valence electrons. The Hall–Kier alpha value is -2.00. The van der Waals surface area contributed by atoms with Gasteiger partial charge in [-0.15, -0.1) is 0 Å². The fourth-order valence-electron chi connectivity index (χ4n) is 1.76. The zero-order valence-electron chi connectivity index (χ0n) is 11.2. The molecule has 1 rings (SSSR count). The van der Waals surface area contributed by atoms with Crippen molar-refractivity contribution in [2.75, 3.05) is 17.2 Å². The van der Waals surface area contributed by atoms with Crippen LogP contribution in [0.15, 0.2) is 30.3 Å². The first kappa shape index (κ1) is 16.1. The fourth-order valence-corrected chi connectivity index (χ4v) is 2.00. The minimum Gasteiger partial charge on any atom is -0.344 e. The largest absolute Gasteiger partial charge is 0.344 e. The summed E-state index contributed by atoms with van der Waals surface area (Å²) < 4.78 is 0. The Kier molecular flexibility index (Phi) is 6.60. The van der Waals surface area contributed by atoms with Gasteiger partial charge in [0.2, 0.25) is 11.8 Å². The van der Waals surface area contributed by atoms with E-state index in [1.54, 1.807) is 12.1 Å². The number of carbonyl (C=O) groups is 2. The highest BCUT2D eigenvalue weighted by atomic mass is 32.1. The molecule has 1 aromatic rings. The first-order chi connectivity index (χ1) is 9.60. The number of para-hydroxylation sites is 1. The molecule has 0 fully saturated rings. The van der Waals surface area contributed by atoms with Gasteiger partial charge in [0.15, 0.2) is 0 Å². The number of amides is 2. The van der Waals surface area contributed by atoms with Crippen molar-refractivity contribution < 1.29 is 9.59 Å². The molecule has 0 bridgehead atoms. The third-order valence-corrected chi connectivity index (χ3v) is 3.00. The Balaban J connectivity index is 2.95. The maximum atomic E-state index is 12.5. The van der Waals surface area contributed by atoms with Crippen molar-refractivity contribution in [1.82, 2.24) is 5.32 Å². The Labute approximate surface area is 124 Å². The molecule has 0 aromatic heterocycles. The van der Waals surface area contributed by atoms with E-state index >= 15 is 0 Å². The summed E-state index contributed by atoms with van der Waals surface area (Å²) in [6, 6.07) is 10.4. The second-order valence-electron chi connectivity index (χ2n) is 4.17. The molecule has 0 spiro atoms. The Morgan fingerprint density at radius 1 is 1.40 bits per heavy atom. The molecule has 1 atom stereocenters. The molecule has 0 heterocycles. The van der Waals surface area contributed by atoms with Gasteiger partial charge in [-0.25, -0.2) is 0 Å². The molecule has 0 saturated heterocycles. The predicted octanol–water partition coefficient (Wildman–Crippen LogP) is 1.37. The lowest BCUT2D eigenvalue weighted by Gasteiger charge is -2.26. The fraction of sp³-hybridized carbons (Fsp3) is 0.357. The van der Waals surface area contributed by atoms with Crippen molar-refractivity contribution in [2.45, 2.75) is 19.4 Å². The van der Waals surface area contributed by atoms with Gasteiger partial charge in [0, 0.05) is 24.9 Å². The van der Waals surface area contributed by atoms with Gasteiger partial charge in [-0.3, -0.25) is 9.59 Å². The highest BCUT2D eigenvalue weighted by Crippen LogP contribution is 2.15. The van der Waals surface area contributed by atoms with E-state index in [0.717, 1.165) is 0 Å².